The van der Waals surface area contributed by atoms with Crippen LogP contribution in [0.5, 0.6) is 0 Å². The van der Waals surface area contributed by atoms with E-state index in [-0.39, 0.29) is 0 Å². The van der Waals surface area contributed by atoms with E-state index in [0.717, 1.165) is 6.54 Å². The molecule has 0 saturated heterocycles. The number of benzene rings is 2. The molecular weight excluding hydrogens is 534 g/mol. The smallest absolute Gasteiger partial charge is 0.320 e. The second kappa shape index (κ2) is 10.1. The van der Waals surface area contributed by atoms with Gasteiger partial charge in [0.25, 0.3) is 0 Å². The van der Waals surface area contributed by atoms with Gasteiger partial charge in [-0.1, -0.05) is 6.92 Å². The zero-order valence-electron chi connectivity index (χ0n) is 16.8. The van der Waals surface area contributed by atoms with Crippen LogP contribution in [0.1, 0.15) is 18.1 Å². The van der Waals surface area contributed by atoms with Crippen molar-refractivity contribution < 1.29 is 70.2 Å². The standard InChI is InChI=1S/C15F16.C3H9N/c16-5-2(6(17)10(21)12(23)9(5)20)1-3(13(24,25)15(29,30)31)7(18)11(22)8(19)4(1)14(26,27)28;1-3-4-2/h;4H,3H2,1-2H3. The molecule has 2 rings (SSSR count). The number of hydrogen-bond acceptors (Lipinski definition) is 1. The van der Waals surface area contributed by atoms with Crippen molar-refractivity contribution in [1.29, 1.82) is 0 Å². The lowest BCUT2D eigenvalue weighted by atomic mass is 9.88. The van der Waals surface area contributed by atoms with Crippen LogP contribution in [0.4, 0.5) is 70.2 Å². The van der Waals surface area contributed by atoms with Crippen LogP contribution in [-0.2, 0) is 12.1 Å². The Morgan fingerprint density at radius 1 is 0.514 bits per heavy atom. The summed E-state index contributed by atoms with van der Waals surface area (Å²) in [6.45, 7) is 3.14. The van der Waals surface area contributed by atoms with Gasteiger partial charge in [-0.2, -0.15) is 35.1 Å². The van der Waals surface area contributed by atoms with E-state index in [9.17, 15) is 70.2 Å². The maximum absolute atomic E-state index is 13.9. The third kappa shape index (κ3) is 5.28. The molecule has 0 heterocycles. The van der Waals surface area contributed by atoms with Gasteiger partial charge in [-0.25, -0.2) is 35.1 Å². The maximum Gasteiger partial charge on any atom is 0.458 e. The molecule has 0 radical (unpaired) electrons. The molecule has 17 heteroatoms. The normalized spacial score (nSPS) is 12.5. The minimum atomic E-state index is -7.10. The third-order valence-electron chi connectivity index (χ3n) is 4.09. The minimum Gasteiger partial charge on any atom is -0.320 e. The molecule has 0 aromatic heterocycles. The van der Waals surface area contributed by atoms with Gasteiger partial charge in [0, 0.05) is 5.56 Å². The zero-order valence-corrected chi connectivity index (χ0v) is 16.8. The molecule has 0 atom stereocenters. The summed E-state index contributed by atoms with van der Waals surface area (Å²) in [5, 5.41) is 2.93. The summed E-state index contributed by atoms with van der Waals surface area (Å²) in [4.78, 5) is 0. The van der Waals surface area contributed by atoms with E-state index < -0.39 is 87.1 Å². The summed E-state index contributed by atoms with van der Waals surface area (Å²) in [7, 11) is 1.93. The fraction of sp³-hybridized carbons (Fsp3) is 0.333. The Labute approximate surface area is 184 Å². The molecule has 0 amide bonds. The monoisotopic (exact) mass is 543 g/mol. The van der Waals surface area contributed by atoms with Crippen molar-refractivity contribution in [3.63, 3.8) is 0 Å². The SMILES string of the molecule is CCNC.Fc1c(F)c(F)c(-c2c(C(F)(F)F)c(F)c(F)c(F)c2C(F)(F)C(F)(F)F)c(F)c1F. The fourth-order valence-corrected chi connectivity index (χ4v) is 2.44. The molecule has 0 saturated carbocycles. The Hall–Kier alpha value is -2.72. The molecule has 1 N–H and O–H groups in total. The average molecular weight is 543 g/mol. The van der Waals surface area contributed by atoms with Crippen LogP contribution in [-0.4, -0.2) is 19.8 Å². The third-order valence-corrected chi connectivity index (χ3v) is 4.09. The topological polar surface area (TPSA) is 12.0 Å². The molecule has 198 valence electrons. The number of nitrogens with one attached hydrogen (secondary N) is 1. The van der Waals surface area contributed by atoms with E-state index in [2.05, 4.69) is 12.2 Å². The van der Waals surface area contributed by atoms with E-state index in [1.807, 2.05) is 7.05 Å². The van der Waals surface area contributed by atoms with Crippen molar-refractivity contribution in [3.8, 4) is 11.1 Å². The number of alkyl halides is 8. The van der Waals surface area contributed by atoms with Crippen LogP contribution >= 0.6 is 0 Å². The lowest BCUT2D eigenvalue weighted by molar-refractivity contribution is -0.290. The van der Waals surface area contributed by atoms with Gasteiger partial charge in [-0.05, 0) is 13.6 Å². The van der Waals surface area contributed by atoms with E-state index in [1.165, 1.54) is 0 Å². The number of halogens is 16. The Morgan fingerprint density at radius 3 is 1.14 bits per heavy atom. The molecule has 2 aromatic carbocycles. The van der Waals surface area contributed by atoms with Crippen molar-refractivity contribution in [2.45, 2.75) is 25.2 Å². The number of rotatable bonds is 3. The van der Waals surface area contributed by atoms with Gasteiger partial charge in [-0.3, -0.25) is 0 Å². The number of hydrogen-bond donors (Lipinski definition) is 1. The van der Waals surface area contributed by atoms with Gasteiger partial charge in [0.1, 0.15) is 5.56 Å². The highest BCUT2D eigenvalue weighted by Crippen LogP contribution is 2.53. The van der Waals surface area contributed by atoms with E-state index in [0.29, 0.717) is 0 Å². The second-order valence-electron chi connectivity index (χ2n) is 6.29. The van der Waals surface area contributed by atoms with Crippen LogP contribution in [0.25, 0.3) is 11.1 Å². The van der Waals surface area contributed by atoms with Crippen molar-refractivity contribution in [3.05, 3.63) is 57.7 Å². The lowest BCUT2D eigenvalue weighted by Crippen LogP contribution is -2.36. The van der Waals surface area contributed by atoms with Crippen molar-refractivity contribution in [2.24, 2.45) is 0 Å². The first-order chi connectivity index (χ1) is 15.7. The predicted molar refractivity (Wildman–Crippen MR) is 86.1 cm³/mol. The zero-order chi connectivity index (χ0) is 27.8. The second-order valence-corrected chi connectivity index (χ2v) is 6.29. The van der Waals surface area contributed by atoms with Crippen LogP contribution in [0, 0.1) is 46.5 Å². The molecule has 1 nitrogen and oxygen atoms in total. The minimum absolute atomic E-state index is 1.07. The van der Waals surface area contributed by atoms with Crippen LogP contribution in [0.3, 0.4) is 0 Å². The van der Waals surface area contributed by atoms with Crippen molar-refractivity contribution in [2.75, 3.05) is 13.6 Å². The van der Waals surface area contributed by atoms with E-state index in [4.69, 9.17) is 0 Å². The molecule has 0 unspecified atom stereocenters. The Morgan fingerprint density at radius 2 is 0.829 bits per heavy atom. The molecule has 2 aromatic rings. The summed E-state index contributed by atoms with van der Waals surface area (Å²) >= 11 is 0. The van der Waals surface area contributed by atoms with Crippen LogP contribution < -0.4 is 5.32 Å². The lowest BCUT2D eigenvalue weighted by Gasteiger charge is -2.26. The quantitative estimate of drug-likeness (QED) is 0.242. The first-order valence-electron chi connectivity index (χ1n) is 8.58. The maximum atomic E-state index is 13.9. The molecular formula is C18H9F16N. The highest BCUT2D eigenvalue weighted by Gasteiger charge is 2.63. The average Bonchev–Trinajstić information content (AvgIpc) is 2.73. The first-order valence-corrected chi connectivity index (χ1v) is 8.58. The fourth-order valence-electron chi connectivity index (χ4n) is 2.44. The molecule has 0 aliphatic heterocycles. The van der Waals surface area contributed by atoms with Crippen molar-refractivity contribution >= 4 is 0 Å². The summed E-state index contributed by atoms with van der Waals surface area (Å²) in [6.07, 6.45) is -13.7. The van der Waals surface area contributed by atoms with Crippen LogP contribution in [0.2, 0.25) is 0 Å². The Kier molecular flexibility index (Phi) is 8.75. The van der Waals surface area contributed by atoms with Crippen molar-refractivity contribution in [1.82, 2.24) is 5.32 Å². The summed E-state index contributed by atoms with van der Waals surface area (Å²) in [5.74, 6) is -34.1. The molecule has 0 spiro atoms. The van der Waals surface area contributed by atoms with E-state index >= 15 is 0 Å². The van der Waals surface area contributed by atoms with Gasteiger partial charge in [0.2, 0.25) is 5.82 Å². The van der Waals surface area contributed by atoms with Gasteiger partial charge in [0.05, 0.1) is 11.1 Å². The van der Waals surface area contributed by atoms with Gasteiger partial charge >= 0.3 is 18.3 Å². The highest BCUT2D eigenvalue weighted by atomic mass is 19.4. The molecule has 0 aliphatic carbocycles. The molecule has 35 heavy (non-hydrogen) atoms. The largest absolute Gasteiger partial charge is 0.458 e. The molecule has 0 bridgehead atoms. The van der Waals surface area contributed by atoms with Gasteiger partial charge in [0.15, 0.2) is 40.7 Å². The summed E-state index contributed by atoms with van der Waals surface area (Å²) < 4.78 is 214. The predicted octanol–water partition coefficient (Wildman–Crippen LogP) is 7.37. The molecule has 0 aliphatic rings. The summed E-state index contributed by atoms with van der Waals surface area (Å²) in [6, 6.07) is 0. The molecule has 0 fully saturated rings. The van der Waals surface area contributed by atoms with Crippen LogP contribution in [0.15, 0.2) is 0 Å². The highest BCUT2D eigenvalue weighted by molar-refractivity contribution is 5.75. The Bertz CT molecular complexity index is 1070. The first kappa shape index (κ1) is 30.3. The van der Waals surface area contributed by atoms with Gasteiger partial charge in [-0.15, -0.1) is 0 Å². The summed E-state index contributed by atoms with van der Waals surface area (Å²) in [5.41, 5.74) is -14.2. The Balaban J connectivity index is 0.00000142. The van der Waals surface area contributed by atoms with Gasteiger partial charge < -0.3 is 5.32 Å². The van der Waals surface area contributed by atoms with E-state index in [1.54, 1.807) is 0 Å².